The molecule has 0 unspecified atom stereocenters. The lowest BCUT2D eigenvalue weighted by Gasteiger charge is -2.41. The van der Waals surface area contributed by atoms with E-state index in [9.17, 15) is 14.9 Å². The van der Waals surface area contributed by atoms with E-state index < -0.39 is 16.4 Å². The Hall–Kier alpha value is -3.88. The molecular formula is C32H28Cl4FN7O2. The van der Waals surface area contributed by atoms with Gasteiger partial charge in [0.2, 0.25) is 5.91 Å². The second kappa shape index (κ2) is 12.7. The molecule has 2 N–H and O–H groups in total. The highest BCUT2D eigenvalue weighted by Gasteiger charge is 2.33. The van der Waals surface area contributed by atoms with Gasteiger partial charge in [0.25, 0.3) is 5.56 Å². The van der Waals surface area contributed by atoms with E-state index in [0.29, 0.717) is 42.0 Å². The molecule has 4 aromatic rings. The quantitative estimate of drug-likeness (QED) is 0.100. The Bertz CT molecular complexity index is 2030. The first-order chi connectivity index (χ1) is 21.7. The number of benzene rings is 1. The Morgan fingerprint density at radius 3 is 2.50 bits per heavy atom. The number of aryl methyl sites for hydroxylation is 1. The van der Waals surface area contributed by atoms with Crippen LogP contribution in [0.25, 0.3) is 28.0 Å². The van der Waals surface area contributed by atoms with Crippen molar-refractivity contribution in [2.24, 2.45) is 0 Å². The standard InChI is InChI=1S/C32H28Cl4FN7O2/c1-6-20(45)43-10-9-42(13-16(43)5)30-17-11-19(33)28(21-25(37)23(35)22(34)24(36)26(21)39)41-31(17)44(32(46)18(30)12-38)29-15(4)7-8-40-27(29)14(2)3/h6-8,11,14,16H,1,9-10,13,39H2,2-5H3/t16-/m1/s1. The van der Waals surface area contributed by atoms with Crippen LogP contribution in [-0.2, 0) is 4.79 Å². The minimum absolute atomic E-state index is 0.0524. The van der Waals surface area contributed by atoms with Crippen LogP contribution < -0.4 is 16.2 Å². The molecule has 1 atom stereocenters. The Morgan fingerprint density at radius 1 is 1.20 bits per heavy atom. The number of nitriles is 1. The van der Waals surface area contributed by atoms with Crippen LogP contribution in [0.1, 0.15) is 43.5 Å². The zero-order chi connectivity index (χ0) is 33.8. The van der Waals surface area contributed by atoms with Crippen LogP contribution in [0, 0.1) is 24.1 Å². The van der Waals surface area contributed by atoms with Crippen LogP contribution in [-0.4, -0.2) is 51.0 Å². The van der Waals surface area contributed by atoms with Gasteiger partial charge in [-0.25, -0.2) is 9.37 Å². The van der Waals surface area contributed by atoms with E-state index in [-0.39, 0.29) is 66.8 Å². The second-order valence-corrected chi connectivity index (χ2v) is 12.8. The molecule has 0 spiro atoms. The van der Waals surface area contributed by atoms with Crippen molar-refractivity contribution in [3.63, 3.8) is 0 Å². The average molecular weight is 703 g/mol. The van der Waals surface area contributed by atoms with Gasteiger partial charge in [0.15, 0.2) is 5.82 Å². The van der Waals surface area contributed by atoms with Gasteiger partial charge >= 0.3 is 0 Å². The third kappa shape index (κ3) is 5.35. The molecule has 1 aromatic carbocycles. The van der Waals surface area contributed by atoms with Crippen molar-refractivity contribution in [2.45, 2.75) is 39.7 Å². The summed E-state index contributed by atoms with van der Waals surface area (Å²) >= 11 is 25.4. The number of carbonyl (C=O) groups is 1. The van der Waals surface area contributed by atoms with Crippen LogP contribution in [0.5, 0.6) is 0 Å². The summed E-state index contributed by atoms with van der Waals surface area (Å²) in [6, 6.07) is 5.07. The smallest absolute Gasteiger partial charge is 0.276 e. The number of amides is 1. The number of nitrogen functional groups attached to an aromatic ring is 1. The number of halogens is 5. The molecule has 5 rings (SSSR count). The maximum atomic E-state index is 15.7. The van der Waals surface area contributed by atoms with E-state index in [0.717, 1.165) is 0 Å². The number of piperazine rings is 1. The molecule has 0 bridgehead atoms. The monoisotopic (exact) mass is 701 g/mol. The lowest BCUT2D eigenvalue weighted by Crippen LogP contribution is -2.54. The fraction of sp³-hybridized carbons (Fsp3) is 0.281. The molecule has 0 radical (unpaired) electrons. The van der Waals surface area contributed by atoms with Crippen molar-refractivity contribution in [3.8, 4) is 23.0 Å². The Balaban J connectivity index is 1.94. The number of anilines is 2. The molecule has 46 heavy (non-hydrogen) atoms. The van der Waals surface area contributed by atoms with Crippen molar-refractivity contribution in [3.05, 3.63) is 84.1 Å². The van der Waals surface area contributed by atoms with Gasteiger partial charge in [-0.2, -0.15) is 5.26 Å². The van der Waals surface area contributed by atoms with Crippen molar-refractivity contribution in [1.82, 2.24) is 19.4 Å². The van der Waals surface area contributed by atoms with Gasteiger partial charge in [-0.1, -0.05) is 66.8 Å². The number of nitrogens with two attached hydrogens (primary N) is 1. The van der Waals surface area contributed by atoms with Gasteiger partial charge in [-0.05, 0) is 43.5 Å². The maximum absolute atomic E-state index is 15.7. The van der Waals surface area contributed by atoms with Gasteiger partial charge in [0, 0.05) is 37.3 Å². The molecule has 1 saturated heterocycles. The van der Waals surface area contributed by atoms with Crippen LogP contribution in [0.4, 0.5) is 15.8 Å². The lowest BCUT2D eigenvalue weighted by molar-refractivity contribution is -0.128. The molecule has 1 aliphatic rings. The van der Waals surface area contributed by atoms with E-state index in [1.807, 2.05) is 32.6 Å². The fourth-order valence-electron chi connectivity index (χ4n) is 5.85. The largest absolute Gasteiger partial charge is 0.397 e. The third-order valence-electron chi connectivity index (χ3n) is 8.05. The van der Waals surface area contributed by atoms with Gasteiger partial charge in [0.1, 0.15) is 17.3 Å². The minimum atomic E-state index is -0.998. The summed E-state index contributed by atoms with van der Waals surface area (Å²) in [5.74, 6) is -1.36. The molecule has 4 heterocycles. The van der Waals surface area contributed by atoms with Crippen LogP contribution in [0.3, 0.4) is 0 Å². The highest BCUT2D eigenvalue weighted by molar-refractivity contribution is 6.49. The third-order valence-corrected chi connectivity index (χ3v) is 9.66. The molecule has 3 aromatic heterocycles. The molecule has 0 saturated carbocycles. The van der Waals surface area contributed by atoms with Crippen LogP contribution in [0.15, 0.2) is 35.8 Å². The van der Waals surface area contributed by atoms with Crippen molar-refractivity contribution < 1.29 is 9.18 Å². The summed E-state index contributed by atoms with van der Waals surface area (Å²) < 4.78 is 17.1. The first kappa shape index (κ1) is 33.5. The predicted molar refractivity (Wildman–Crippen MR) is 182 cm³/mol. The topological polar surface area (TPSA) is 121 Å². The maximum Gasteiger partial charge on any atom is 0.276 e. The highest BCUT2D eigenvalue weighted by atomic mass is 35.5. The van der Waals surface area contributed by atoms with Gasteiger partial charge in [-0.3, -0.25) is 19.1 Å². The van der Waals surface area contributed by atoms with E-state index in [1.54, 1.807) is 17.2 Å². The SMILES string of the molecule is C=CC(=O)N1CCN(c2c(C#N)c(=O)n(-c3c(C)ccnc3C(C)C)c3nc(-c4c(N)c(Cl)c(Cl)c(Cl)c4F)c(Cl)cc23)C[C@H]1C. The zero-order valence-corrected chi connectivity index (χ0v) is 28.3. The van der Waals surface area contributed by atoms with Crippen LogP contribution >= 0.6 is 46.4 Å². The Kier molecular flexibility index (Phi) is 9.26. The van der Waals surface area contributed by atoms with Crippen molar-refractivity contribution in [1.29, 1.82) is 5.26 Å². The summed E-state index contributed by atoms with van der Waals surface area (Å²) in [6.07, 6.45) is 2.88. The minimum Gasteiger partial charge on any atom is -0.397 e. The first-order valence-electron chi connectivity index (χ1n) is 14.2. The number of hydrogen-bond donors (Lipinski definition) is 1. The highest BCUT2D eigenvalue weighted by Crippen LogP contribution is 2.46. The van der Waals surface area contributed by atoms with E-state index >= 15 is 4.39 Å². The zero-order valence-electron chi connectivity index (χ0n) is 25.3. The normalized spacial score (nSPS) is 15.0. The molecule has 0 aliphatic carbocycles. The molecule has 238 valence electrons. The van der Waals surface area contributed by atoms with Crippen molar-refractivity contribution in [2.75, 3.05) is 30.3 Å². The number of rotatable bonds is 5. The number of hydrogen-bond acceptors (Lipinski definition) is 7. The summed E-state index contributed by atoms with van der Waals surface area (Å²) in [4.78, 5) is 39.8. The Morgan fingerprint density at radius 2 is 1.89 bits per heavy atom. The van der Waals surface area contributed by atoms with Gasteiger partial charge in [0.05, 0.1) is 54.1 Å². The number of carbonyl (C=O) groups excluding carboxylic acids is 1. The first-order valence-corrected chi connectivity index (χ1v) is 15.7. The number of fused-ring (bicyclic) bond motifs is 1. The number of nitrogens with zero attached hydrogens (tertiary/aromatic N) is 6. The molecule has 1 amide bonds. The molecule has 1 aliphatic heterocycles. The van der Waals surface area contributed by atoms with E-state index in [2.05, 4.69) is 17.6 Å². The Labute approximate surface area is 284 Å². The summed E-state index contributed by atoms with van der Waals surface area (Å²) in [5, 5.41) is 9.82. The molecule has 14 heteroatoms. The summed E-state index contributed by atoms with van der Waals surface area (Å²) in [5.41, 5.74) is 6.76. The summed E-state index contributed by atoms with van der Waals surface area (Å²) in [6.45, 7) is 12.0. The lowest BCUT2D eigenvalue weighted by atomic mass is 10.0. The molecule has 9 nitrogen and oxygen atoms in total. The predicted octanol–water partition coefficient (Wildman–Crippen LogP) is 7.31. The number of aromatic nitrogens is 3. The van der Waals surface area contributed by atoms with Crippen molar-refractivity contribution >= 4 is 74.7 Å². The summed E-state index contributed by atoms with van der Waals surface area (Å²) in [7, 11) is 0. The van der Waals surface area contributed by atoms with Gasteiger partial charge < -0.3 is 15.5 Å². The average Bonchev–Trinajstić information content (AvgIpc) is 3.02. The van der Waals surface area contributed by atoms with E-state index in [4.69, 9.17) is 57.1 Å². The fourth-order valence-corrected chi connectivity index (χ4v) is 6.71. The molecule has 1 fully saturated rings. The molecular weight excluding hydrogens is 675 g/mol. The second-order valence-electron chi connectivity index (χ2n) is 11.3. The van der Waals surface area contributed by atoms with E-state index in [1.165, 1.54) is 16.7 Å². The van der Waals surface area contributed by atoms with Gasteiger partial charge in [-0.15, -0.1) is 0 Å². The number of pyridine rings is 3. The van der Waals surface area contributed by atoms with Crippen LogP contribution in [0.2, 0.25) is 20.1 Å².